The van der Waals surface area contributed by atoms with E-state index in [0.717, 1.165) is 11.1 Å². The van der Waals surface area contributed by atoms with Crippen LogP contribution in [0.2, 0.25) is 5.02 Å². The lowest BCUT2D eigenvalue weighted by Gasteiger charge is -2.10. The molecule has 3 aromatic rings. The molecule has 1 aliphatic rings. The summed E-state index contributed by atoms with van der Waals surface area (Å²) in [7, 11) is 1.58. The Balaban J connectivity index is 1.65. The zero-order chi connectivity index (χ0) is 20.4. The van der Waals surface area contributed by atoms with E-state index in [4.69, 9.17) is 16.3 Å². The molecule has 2 amide bonds. The van der Waals surface area contributed by atoms with E-state index in [9.17, 15) is 9.59 Å². The largest absolute Gasteiger partial charge is 0.378 e. The highest BCUT2D eigenvalue weighted by Gasteiger charge is 2.37. The number of aromatic nitrogens is 2. The molecule has 29 heavy (non-hydrogen) atoms. The van der Waals surface area contributed by atoms with Gasteiger partial charge in [-0.05, 0) is 29.8 Å². The van der Waals surface area contributed by atoms with E-state index in [0.29, 0.717) is 22.2 Å². The molecule has 1 atom stereocenters. The van der Waals surface area contributed by atoms with Gasteiger partial charge in [0, 0.05) is 23.4 Å². The number of methoxy groups -OCH3 is 1. The van der Waals surface area contributed by atoms with Crippen molar-refractivity contribution in [2.24, 2.45) is 0 Å². The molecule has 0 bridgehead atoms. The highest BCUT2D eigenvalue weighted by atomic mass is 35.5. The van der Waals surface area contributed by atoms with E-state index in [1.165, 1.54) is 0 Å². The van der Waals surface area contributed by atoms with Crippen LogP contribution in [0.1, 0.15) is 18.2 Å². The molecule has 0 aliphatic carbocycles. The van der Waals surface area contributed by atoms with Gasteiger partial charge in [-0.2, -0.15) is 5.10 Å². The van der Waals surface area contributed by atoms with Gasteiger partial charge in [0.15, 0.2) is 0 Å². The summed E-state index contributed by atoms with van der Waals surface area (Å²) in [6.45, 7) is 0.265. The SMILES string of the molecule is COCc1nn2c(c1-c1cccc(Cl)c1)NC(=O)C2CC(=O)Nc1ccccc1. The molecule has 1 aromatic heterocycles. The van der Waals surface area contributed by atoms with Crippen molar-refractivity contribution in [3.05, 3.63) is 65.3 Å². The average molecular weight is 411 g/mol. The Morgan fingerprint density at radius 3 is 2.76 bits per heavy atom. The maximum atomic E-state index is 12.6. The molecule has 2 heterocycles. The van der Waals surface area contributed by atoms with E-state index in [1.54, 1.807) is 36.1 Å². The van der Waals surface area contributed by atoms with Gasteiger partial charge < -0.3 is 15.4 Å². The second-order valence-electron chi connectivity index (χ2n) is 6.68. The van der Waals surface area contributed by atoms with Gasteiger partial charge in [-0.15, -0.1) is 0 Å². The number of nitrogens with one attached hydrogen (secondary N) is 2. The predicted molar refractivity (Wildman–Crippen MR) is 111 cm³/mol. The first-order chi connectivity index (χ1) is 14.1. The fraction of sp³-hybridized carbons (Fsp3) is 0.190. The van der Waals surface area contributed by atoms with Gasteiger partial charge in [-0.3, -0.25) is 9.59 Å². The van der Waals surface area contributed by atoms with Crippen LogP contribution in [0.15, 0.2) is 54.6 Å². The van der Waals surface area contributed by atoms with Crippen LogP contribution < -0.4 is 10.6 Å². The third kappa shape index (κ3) is 3.87. The Bertz CT molecular complexity index is 1070. The summed E-state index contributed by atoms with van der Waals surface area (Å²) in [4.78, 5) is 25.1. The second kappa shape index (κ2) is 8.06. The van der Waals surface area contributed by atoms with E-state index < -0.39 is 6.04 Å². The number of hydrogen-bond acceptors (Lipinski definition) is 4. The summed E-state index contributed by atoms with van der Waals surface area (Å²) < 4.78 is 6.85. The Morgan fingerprint density at radius 2 is 2.03 bits per heavy atom. The Kier molecular flexibility index (Phi) is 5.33. The predicted octanol–water partition coefficient (Wildman–Crippen LogP) is 3.87. The summed E-state index contributed by atoms with van der Waals surface area (Å²) in [5.74, 6) is 0.00193. The molecule has 0 fully saturated rings. The number of anilines is 2. The minimum atomic E-state index is -0.739. The van der Waals surface area contributed by atoms with Crippen molar-refractivity contribution >= 4 is 34.9 Å². The molecule has 8 heteroatoms. The second-order valence-corrected chi connectivity index (χ2v) is 7.12. The molecule has 2 N–H and O–H groups in total. The van der Waals surface area contributed by atoms with E-state index in [-0.39, 0.29) is 24.8 Å². The minimum absolute atomic E-state index is 0.0309. The molecule has 2 aromatic carbocycles. The Hall–Kier alpha value is -3.16. The lowest BCUT2D eigenvalue weighted by molar-refractivity contribution is -0.123. The number of fused-ring (bicyclic) bond motifs is 1. The summed E-state index contributed by atoms with van der Waals surface area (Å²) in [5.41, 5.74) is 2.91. The number of para-hydroxylation sites is 1. The molecule has 1 unspecified atom stereocenters. The van der Waals surface area contributed by atoms with Crippen molar-refractivity contribution in [3.63, 3.8) is 0 Å². The van der Waals surface area contributed by atoms with Crippen LogP contribution in [0, 0.1) is 0 Å². The number of rotatable bonds is 6. The van der Waals surface area contributed by atoms with Gasteiger partial charge >= 0.3 is 0 Å². The number of benzene rings is 2. The first-order valence-corrected chi connectivity index (χ1v) is 9.46. The number of halogens is 1. The van der Waals surface area contributed by atoms with Gasteiger partial charge in [-0.1, -0.05) is 41.9 Å². The highest BCUT2D eigenvalue weighted by molar-refractivity contribution is 6.30. The van der Waals surface area contributed by atoms with Crippen molar-refractivity contribution in [3.8, 4) is 11.1 Å². The number of nitrogens with zero attached hydrogens (tertiary/aromatic N) is 2. The third-order valence-electron chi connectivity index (χ3n) is 4.65. The topological polar surface area (TPSA) is 85.2 Å². The molecule has 148 valence electrons. The normalized spacial score (nSPS) is 15.1. The zero-order valence-corrected chi connectivity index (χ0v) is 16.4. The molecular weight excluding hydrogens is 392 g/mol. The van der Waals surface area contributed by atoms with Crippen LogP contribution in [-0.2, 0) is 20.9 Å². The number of carbonyl (C=O) groups excluding carboxylic acids is 2. The van der Waals surface area contributed by atoms with Crippen molar-refractivity contribution in [1.29, 1.82) is 0 Å². The number of carbonyl (C=O) groups is 2. The number of amides is 2. The smallest absolute Gasteiger partial charge is 0.251 e. The van der Waals surface area contributed by atoms with Crippen LogP contribution in [0.3, 0.4) is 0 Å². The van der Waals surface area contributed by atoms with Crippen molar-refractivity contribution in [1.82, 2.24) is 9.78 Å². The van der Waals surface area contributed by atoms with Crippen LogP contribution in [0.25, 0.3) is 11.1 Å². The molecular formula is C21H19ClN4O3. The van der Waals surface area contributed by atoms with Crippen LogP contribution in [0.5, 0.6) is 0 Å². The minimum Gasteiger partial charge on any atom is -0.378 e. The van der Waals surface area contributed by atoms with E-state index >= 15 is 0 Å². The summed E-state index contributed by atoms with van der Waals surface area (Å²) in [5, 5.41) is 10.8. The van der Waals surface area contributed by atoms with Gasteiger partial charge in [0.1, 0.15) is 11.9 Å². The Morgan fingerprint density at radius 1 is 1.24 bits per heavy atom. The fourth-order valence-electron chi connectivity index (χ4n) is 3.41. The number of hydrogen-bond donors (Lipinski definition) is 2. The van der Waals surface area contributed by atoms with Crippen molar-refractivity contribution in [2.75, 3.05) is 17.7 Å². The van der Waals surface area contributed by atoms with Crippen LogP contribution in [0.4, 0.5) is 11.5 Å². The summed E-state index contributed by atoms with van der Waals surface area (Å²) in [6, 6.07) is 15.7. The number of ether oxygens (including phenoxy) is 1. The average Bonchev–Trinajstić information content (AvgIpc) is 3.18. The van der Waals surface area contributed by atoms with Crippen LogP contribution >= 0.6 is 11.6 Å². The molecule has 7 nitrogen and oxygen atoms in total. The Labute approximate surface area is 172 Å². The van der Waals surface area contributed by atoms with E-state index in [1.807, 2.05) is 30.3 Å². The highest BCUT2D eigenvalue weighted by Crippen LogP contribution is 2.39. The van der Waals surface area contributed by atoms with Crippen molar-refractivity contribution in [2.45, 2.75) is 19.1 Å². The zero-order valence-electron chi connectivity index (χ0n) is 15.7. The molecule has 1 aliphatic heterocycles. The molecule has 0 spiro atoms. The van der Waals surface area contributed by atoms with Gasteiger partial charge in [-0.25, -0.2) is 4.68 Å². The van der Waals surface area contributed by atoms with Crippen LogP contribution in [-0.4, -0.2) is 28.7 Å². The molecule has 0 radical (unpaired) electrons. The molecule has 0 saturated heterocycles. The maximum Gasteiger partial charge on any atom is 0.251 e. The maximum absolute atomic E-state index is 12.6. The first kappa shape index (κ1) is 19.2. The monoisotopic (exact) mass is 410 g/mol. The van der Waals surface area contributed by atoms with Gasteiger partial charge in [0.25, 0.3) is 5.91 Å². The quantitative estimate of drug-likeness (QED) is 0.646. The molecule has 0 saturated carbocycles. The molecule has 4 rings (SSSR count). The standard InChI is InChI=1S/C21H19ClN4O3/c1-29-12-16-19(13-6-5-7-14(22)10-13)20-24-21(28)17(26(20)25-16)11-18(27)23-15-8-3-2-4-9-15/h2-10,17H,11-12H2,1H3,(H,23,27)(H,24,28). The third-order valence-corrected chi connectivity index (χ3v) is 4.89. The summed E-state index contributed by atoms with van der Waals surface area (Å²) >= 11 is 6.15. The van der Waals surface area contributed by atoms with Gasteiger partial charge in [0.2, 0.25) is 5.91 Å². The lowest BCUT2D eigenvalue weighted by Crippen LogP contribution is -2.24. The van der Waals surface area contributed by atoms with Crippen molar-refractivity contribution < 1.29 is 14.3 Å². The lowest BCUT2D eigenvalue weighted by atomic mass is 10.1. The first-order valence-electron chi connectivity index (χ1n) is 9.09. The van der Waals surface area contributed by atoms with Gasteiger partial charge in [0.05, 0.1) is 18.7 Å². The van der Waals surface area contributed by atoms with E-state index in [2.05, 4.69) is 15.7 Å². The fourth-order valence-corrected chi connectivity index (χ4v) is 3.60. The summed E-state index contributed by atoms with van der Waals surface area (Å²) in [6.07, 6.45) is -0.0309.